The molecule has 0 spiro atoms. The van der Waals surface area contributed by atoms with Crippen molar-refractivity contribution in [2.45, 2.75) is 53.4 Å². The number of fused-ring (bicyclic) bond motifs is 1. The van der Waals surface area contributed by atoms with E-state index in [9.17, 15) is 0 Å². The number of aromatic nitrogens is 2. The third kappa shape index (κ3) is 4.34. The average molecular weight is 505 g/mol. The fourth-order valence-corrected chi connectivity index (χ4v) is 6.15. The molecular weight excluding hydrogens is 468 g/mol. The number of aryl methyl sites for hydroxylation is 2. The van der Waals surface area contributed by atoms with E-state index in [2.05, 4.69) is 86.1 Å². The summed E-state index contributed by atoms with van der Waals surface area (Å²) >= 11 is 0. The second-order valence-electron chi connectivity index (χ2n) is 11.3. The van der Waals surface area contributed by atoms with Crippen LogP contribution in [0, 0.1) is 19.3 Å². The first-order valence-corrected chi connectivity index (χ1v) is 13.6. The van der Waals surface area contributed by atoms with Crippen LogP contribution in [-0.2, 0) is 6.42 Å². The van der Waals surface area contributed by atoms with Gasteiger partial charge < -0.3 is 9.64 Å². The minimum absolute atomic E-state index is 0.0973. The Morgan fingerprint density at radius 3 is 2.34 bits per heavy atom. The zero-order chi connectivity index (χ0) is 26.4. The first kappa shape index (κ1) is 24.6. The smallest absolute Gasteiger partial charge is 0.139 e. The SMILES string of the molecule is COc1ccc(C2=C(C)N=C(C3(C)CCN(c4ncnc5c4C=C(c4ccc(C)cc4)C5)CC3)C2)cc1C. The molecule has 6 rings (SSSR count). The zero-order valence-corrected chi connectivity index (χ0v) is 23.1. The van der Waals surface area contributed by atoms with E-state index in [0.29, 0.717) is 0 Å². The standard InChI is InChI=1S/C33H36N4O/c1-21-6-8-24(9-7-21)26-17-28-29(18-26)34-20-35-32(28)37-14-12-33(4,13-15-37)31-19-27(23(3)36-31)25-10-11-30(38-5)22(2)16-25/h6-11,16-17,20H,12-15,18-19H2,1-5H3. The van der Waals surface area contributed by atoms with Crippen molar-refractivity contribution in [2.75, 3.05) is 25.1 Å². The number of ether oxygens (including phenoxy) is 1. The molecule has 3 heterocycles. The zero-order valence-electron chi connectivity index (χ0n) is 23.1. The van der Waals surface area contributed by atoms with Crippen molar-refractivity contribution >= 4 is 28.8 Å². The van der Waals surface area contributed by atoms with Crippen LogP contribution in [0.3, 0.4) is 0 Å². The molecule has 2 aliphatic heterocycles. The van der Waals surface area contributed by atoms with Crippen molar-refractivity contribution in [2.24, 2.45) is 10.4 Å². The van der Waals surface area contributed by atoms with E-state index >= 15 is 0 Å². The number of aliphatic imine (C=N–C) groups is 1. The molecule has 3 aliphatic rings. The Kier molecular flexibility index (Phi) is 6.17. The van der Waals surface area contributed by atoms with Gasteiger partial charge in [-0.15, -0.1) is 0 Å². The summed E-state index contributed by atoms with van der Waals surface area (Å²) < 4.78 is 5.47. The van der Waals surface area contributed by atoms with Crippen molar-refractivity contribution in [1.82, 2.24) is 9.97 Å². The Balaban J connectivity index is 1.17. The van der Waals surface area contributed by atoms with Crippen LogP contribution in [0.4, 0.5) is 5.82 Å². The summed E-state index contributed by atoms with van der Waals surface area (Å²) in [5.41, 5.74) is 12.6. The monoisotopic (exact) mass is 504 g/mol. The molecule has 0 atom stereocenters. The topological polar surface area (TPSA) is 50.6 Å². The minimum Gasteiger partial charge on any atom is -0.496 e. The third-order valence-corrected chi connectivity index (χ3v) is 8.73. The lowest BCUT2D eigenvalue weighted by molar-refractivity contribution is 0.351. The van der Waals surface area contributed by atoms with Crippen molar-refractivity contribution in [3.63, 3.8) is 0 Å². The molecule has 1 fully saturated rings. The van der Waals surface area contributed by atoms with Crippen molar-refractivity contribution in [1.29, 1.82) is 0 Å². The number of methoxy groups -OCH3 is 1. The van der Waals surface area contributed by atoms with Gasteiger partial charge in [0.25, 0.3) is 0 Å². The third-order valence-electron chi connectivity index (χ3n) is 8.73. The van der Waals surface area contributed by atoms with Crippen LogP contribution in [0.25, 0.3) is 17.2 Å². The van der Waals surface area contributed by atoms with Gasteiger partial charge in [0.1, 0.15) is 17.9 Å². The number of rotatable bonds is 5. The summed E-state index contributed by atoms with van der Waals surface area (Å²) in [5.74, 6) is 2.01. The normalized spacial score (nSPS) is 18.4. The molecule has 5 nitrogen and oxygen atoms in total. The Morgan fingerprint density at radius 1 is 0.895 bits per heavy atom. The summed E-state index contributed by atoms with van der Waals surface area (Å²) in [6.07, 6.45) is 7.99. The van der Waals surface area contributed by atoms with Crippen LogP contribution in [-0.4, -0.2) is 35.9 Å². The fraction of sp³-hybridized carbons (Fsp3) is 0.364. The van der Waals surface area contributed by atoms with Crippen LogP contribution in [0.1, 0.15) is 66.6 Å². The molecule has 38 heavy (non-hydrogen) atoms. The van der Waals surface area contributed by atoms with Gasteiger partial charge in [0.15, 0.2) is 0 Å². The summed E-state index contributed by atoms with van der Waals surface area (Å²) in [6.45, 7) is 10.7. The van der Waals surface area contributed by atoms with Crippen molar-refractivity contribution in [3.8, 4) is 5.75 Å². The van der Waals surface area contributed by atoms with Gasteiger partial charge in [-0.1, -0.05) is 42.8 Å². The van der Waals surface area contributed by atoms with E-state index < -0.39 is 0 Å². The maximum absolute atomic E-state index is 5.47. The Labute approximate surface area is 226 Å². The van der Waals surface area contributed by atoms with E-state index in [1.165, 1.54) is 39.1 Å². The van der Waals surface area contributed by atoms with E-state index in [0.717, 1.165) is 67.3 Å². The van der Waals surface area contributed by atoms with Crippen LogP contribution in [0.15, 0.2) is 59.5 Å². The van der Waals surface area contributed by atoms with Crippen LogP contribution >= 0.6 is 0 Å². The maximum Gasteiger partial charge on any atom is 0.139 e. The molecule has 1 saturated heterocycles. The van der Waals surface area contributed by atoms with E-state index in [1.807, 2.05) is 0 Å². The molecule has 0 N–H and O–H groups in total. The van der Waals surface area contributed by atoms with Crippen molar-refractivity contribution < 1.29 is 4.74 Å². The molecule has 0 amide bonds. The molecule has 0 saturated carbocycles. The number of hydrogen-bond donors (Lipinski definition) is 0. The number of benzene rings is 2. The Bertz CT molecular complexity index is 1490. The maximum atomic E-state index is 5.47. The highest BCUT2D eigenvalue weighted by Crippen LogP contribution is 2.43. The van der Waals surface area contributed by atoms with Gasteiger partial charge in [0.05, 0.1) is 12.8 Å². The molecule has 2 aromatic carbocycles. The molecule has 1 aromatic heterocycles. The Morgan fingerprint density at radius 2 is 1.63 bits per heavy atom. The first-order valence-electron chi connectivity index (χ1n) is 13.6. The van der Waals surface area contributed by atoms with Gasteiger partial charge in [0, 0.05) is 48.3 Å². The quantitative estimate of drug-likeness (QED) is 0.372. The summed E-state index contributed by atoms with van der Waals surface area (Å²) in [7, 11) is 1.73. The summed E-state index contributed by atoms with van der Waals surface area (Å²) in [6, 6.07) is 15.3. The Hall–Kier alpha value is -3.73. The highest BCUT2D eigenvalue weighted by Gasteiger charge is 2.38. The number of anilines is 1. The van der Waals surface area contributed by atoms with Crippen LogP contribution in [0.5, 0.6) is 5.75 Å². The first-order chi connectivity index (χ1) is 18.3. The molecule has 0 unspecified atom stereocenters. The minimum atomic E-state index is 0.0973. The van der Waals surface area contributed by atoms with E-state index in [4.69, 9.17) is 14.7 Å². The number of hydrogen-bond acceptors (Lipinski definition) is 5. The van der Waals surface area contributed by atoms with Gasteiger partial charge in [-0.05, 0) is 79.7 Å². The van der Waals surface area contributed by atoms with Crippen LogP contribution < -0.4 is 9.64 Å². The number of piperidine rings is 1. The van der Waals surface area contributed by atoms with Crippen molar-refractivity contribution in [3.05, 3.63) is 88.0 Å². The molecular formula is C33H36N4O. The predicted molar refractivity (Wildman–Crippen MR) is 157 cm³/mol. The lowest BCUT2D eigenvalue weighted by Crippen LogP contribution is -2.43. The van der Waals surface area contributed by atoms with Crippen LogP contribution in [0.2, 0.25) is 0 Å². The van der Waals surface area contributed by atoms with E-state index in [-0.39, 0.29) is 5.41 Å². The largest absolute Gasteiger partial charge is 0.496 e. The van der Waals surface area contributed by atoms with Gasteiger partial charge in [-0.3, -0.25) is 4.99 Å². The highest BCUT2D eigenvalue weighted by molar-refractivity contribution is 6.03. The molecule has 3 aromatic rings. The molecule has 0 radical (unpaired) electrons. The average Bonchev–Trinajstić information content (AvgIpc) is 3.54. The summed E-state index contributed by atoms with van der Waals surface area (Å²) in [5, 5.41) is 0. The molecule has 194 valence electrons. The van der Waals surface area contributed by atoms with Gasteiger partial charge in [0.2, 0.25) is 0 Å². The number of nitrogens with zero attached hydrogens (tertiary/aromatic N) is 4. The second kappa shape index (κ2) is 9.54. The van der Waals surface area contributed by atoms with Gasteiger partial charge in [-0.25, -0.2) is 9.97 Å². The summed E-state index contributed by atoms with van der Waals surface area (Å²) in [4.78, 5) is 17.0. The van der Waals surface area contributed by atoms with Gasteiger partial charge in [-0.2, -0.15) is 0 Å². The molecule has 5 heteroatoms. The van der Waals surface area contributed by atoms with Gasteiger partial charge >= 0.3 is 0 Å². The van der Waals surface area contributed by atoms with E-state index in [1.54, 1.807) is 13.4 Å². The highest BCUT2D eigenvalue weighted by atomic mass is 16.5. The molecule has 0 bridgehead atoms. The lowest BCUT2D eigenvalue weighted by Gasteiger charge is -2.40. The fourth-order valence-electron chi connectivity index (χ4n) is 6.15. The number of allylic oxidation sites excluding steroid dienone is 3. The molecule has 1 aliphatic carbocycles. The lowest BCUT2D eigenvalue weighted by atomic mass is 9.74. The second-order valence-corrected chi connectivity index (χ2v) is 11.3. The predicted octanol–water partition coefficient (Wildman–Crippen LogP) is 7.08.